The second kappa shape index (κ2) is 7.45. The van der Waals surface area contributed by atoms with E-state index in [1.807, 2.05) is 0 Å². The number of amides is 1. The number of nitrogens with one attached hydrogen (secondary N) is 2. The summed E-state index contributed by atoms with van der Waals surface area (Å²) in [6, 6.07) is 12.8. The molecule has 0 radical (unpaired) electrons. The standard InChI is InChI=1S/C19H13F4N3O/c20-14-5-1-12(2-6-14)18(27)26-16-9-10-17(24-11-16)25-15-7-3-13(4-8-15)19(21,22)23/h1-11H,(H,24,25)(H,26,27). The fourth-order valence-electron chi connectivity index (χ4n) is 2.24. The van der Waals surface area contributed by atoms with Crippen molar-refractivity contribution >= 4 is 23.1 Å². The first-order chi connectivity index (χ1) is 12.8. The van der Waals surface area contributed by atoms with Crippen molar-refractivity contribution in [3.05, 3.63) is 83.8 Å². The summed E-state index contributed by atoms with van der Waals surface area (Å²) in [4.78, 5) is 16.1. The fourth-order valence-corrected chi connectivity index (χ4v) is 2.24. The van der Waals surface area contributed by atoms with Crippen LogP contribution >= 0.6 is 0 Å². The van der Waals surface area contributed by atoms with Gasteiger partial charge in [-0.25, -0.2) is 9.37 Å². The van der Waals surface area contributed by atoms with Gasteiger partial charge in [0.05, 0.1) is 17.4 Å². The van der Waals surface area contributed by atoms with Crippen LogP contribution in [0, 0.1) is 5.82 Å². The summed E-state index contributed by atoms with van der Waals surface area (Å²) in [5, 5.41) is 5.48. The quantitative estimate of drug-likeness (QED) is 0.614. The van der Waals surface area contributed by atoms with Gasteiger partial charge in [0.2, 0.25) is 0 Å². The Morgan fingerprint density at radius 2 is 1.48 bits per heavy atom. The van der Waals surface area contributed by atoms with Crippen molar-refractivity contribution < 1.29 is 22.4 Å². The Balaban J connectivity index is 1.63. The van der Waals surface area contributed by atoms with Gasteiger partial charge in [0.15, 0.2) is 0 Å². The first kappa shape index (κ1) is 18.4. The van der Waals surface area contributed by atoms with E-state index in [1.165, 1.54) is 42.6 Å². The second-order valence-electron chi connectivity index (χ2n) is 5.59. The smallest absolute Gasteiger partial charge is 0.340 e. The molecule has 0 saturated carbocycles. The number of aromatic nitrogens is 1. The number of hydrogen-bond donors (Lipinski definition) is 2. The topological polar surface area (TPSA) is 54.0 Å². The average Bonchev–Trinajstić information content (AvgIpc) is 2.63. The molecule has 4 nitrogen and oxygen atoms in total. The highest BCUT2D eigenvalue weighted by atomic mass is 19.4. The molecule has 2 aromatic carbocycles. The molecule has 0 saturated heterocycles. The monoisotopic (exact) mass is 375 g/mol. The van der Waals surface area contributed by atoms with Gasteiger partial charge in [0, 0.05) is 11.3 Å². The zero-order valence-corrected chi connectivity index (χ0v) is 13.7. The van der Waals surface area contributed by atoms with Crippen LogP contribution in [0.5, 0.6) is 0 Å². The van der Waals surface area contributed by atoms with Crippen LogP contribution in [0.3, 0.4) is 0 Å². The van der Waals surface area contributed by atoms with Crippen LogP contribution in [0.1, 0.15) is 15.9 Å². The summed E-state index contributed by atoms with van der Waals surface area (Å²) < 4.78 is 50.5. The van der Waals surface area contributed by atoms with Gasteiger partial charge in [-0.3, -0.25) is 4.79 Å². The number of halogens is 4. The predicted octanol–water partition coefficient (Wildman–Crippen LogP) is 5.24. The van der Waals surface area contributed by atoms with E-state index in [1.54, 1.807) is 12.1 Å². The molecular formula is C19H13F4N3O. The first-order valence-electron chi connectivity index (χ1n) is 7.78. The van der Waals surface area contributed by atoms with E-state index in [9.17, 15) is 22.4 Å². The van der Waals surface area contributed by atoms with Gasteiger partial charge < -0.3 is 10.6 Å². The molecule has 3 aromatic rings. The highest BCUT2D eigenvalue weighted by Gasteiger charge is 2.29. The molecule has 1 aromatic heterocycles. The summed E-state index contributed by atoms with van der Waals surface area (Å²) in [7, 11) is 0. The summed E-state index contributed by atoms with van der Waals surface area (Å²) in [5.41, 5.74) is 0.420. The van der Waals surface area contributed by atoms with Crippen LogP contribution in [0.4, 0.5) is 34.8 Å². The Hall–Kier alpha value is -3.42. The fraction of sp³-hybridized carbons (Fsp3) is 0.0526. The van der Waals surface area contributed by atoms with E-state index in [-0.39, 0.29) is 0 Å². The molecule has 0 spiro atoms. The Morgan fingerprint density at radius 1 is 0.852 bits per heavy atom. The Labute approximate surface area is 151 Å². The number of anilines is 3. The average molecular weight is 375 g/mol. The molecule has 27 heavy (non-hydrogen) atoms. The third-order valence-corrected chi connectivity index (χ3v) is 3.61. The van der Waals surface area contributed by atoms with E-state index in [0.717, 1.165) is 12.1 Å². The number of nitrogens with zero attached hydrogens (tertiary/aromatic N) is 1. The van der Waals surface area contributed by atoms with Crippen molar-refractivity contribution in [3.63, 3.8) is 0 Å². The Kier molecular flexibility index (Phi) is 5.07. The molecule has 138 valence electrons. The maximum absolute atomic E-state index is 12.9. The highest BCUT2D eigenvalue weighted by molar-refractivity contribution is 6.04. The molecule has 0 atom stereocenters. The predicted molar refractivity (Wildman–Crippen MR) is 93.3 cm³/mol. The maximum Gasteiger partial charge on any atom is 0.416 e. The minimum atomic E-state index is -4.39. The molecule has 1 amide bonds. The van der Waals surface area contributed by atoms with Crippen LogP contribution in [-0.2, 0) is 6.18 Å². The number of benzene rings is 2. The zero-order valence-electron chi connectivity index (χ0n) is 13.7. The van der Waals surface area contributed by atoms with Crippen LogP contribution in [0.2, 0.25) is 0 Å². The van der Waals surface area contributed by atoms with E-state index in [0.29, 0.717) is 22.8 Å². The van der Waals surface area contributed by atoms with Gasteiger partial charge in [-0.05, 0) is 60.7 Å². The number of alkyl halides is 3. The van der Waals surface area contributed by atoms with Gasteiger partial charge in [0.1, 0.15) is 11.6 Å². The van der Waals surface area contributed by atoms with Crippen molar-refractivity contribution in [2.75, 3.05) is 10.6 Å². The summed E-state index contributed by atoms with van der Waals surface area (Å²) in [5.74, 6) is -0.457. The summed E-state index contributed by atoms with van der Waals surface area (Å²) >= 11 is 0. The van der Waals surface area contributed by atoms with Crippen molar-refractivity contribution in [1.82, 2.24) is 4.98 Å². The SMILES string of the molecule is O=C(Nc1ccc(Nc2ccc(C(F)(F)F)cc2)nc1)c1ccc(F)cc1. The lowest BCUT2D eigenvalue weighted by Crippen LogP contribution is -2.12. The minimum Gasteiger partial charge on any atom is -0.340 e. The molecule has 0 unspecified atom stereocenters. The van der Waals surface area contributed by atoms with Crippen molar-refractivity contribution in [2.45, 2.75) is 6.18 Å². The lowest BCUT2D eigenvalue weighted by molar-refractivity contribution is -0.137. The number of carbonyl (C=O) groups is 1. The van der Waals surface area contributed by atoms with Gasteiger partial charge in [-0.15, -0.1) is 0 Å². The number of pyridine rings is 1. The molecule has 0 fully saturated rings. The number of rotatable bonds is 4. The van der Waals surface area contributed by atoms with E-state index in [4.69, 9.17) is 0 Å². The lowest BCUT2D eigenvalue weighted by atomic mass is 10.2. The van der Waals surface area contributed by atoms with Gasteiger partial charge in [-0.2, -0.15) is 13.2 Å². The van der Waals surface area contributed by atoms with Crippen molar-refractivity contribution in [2.24, 2.45) is 0 Å². The molecule has 3 rings (SSSR count). The van der Waals surface area contributed by atoms with Gasteiger partial charge in [-0.1, -0.05) is 0 Å². The molecule has 0 aliphatic carbocycles. The molecule has 0 bridgehead atoms. The summed E-state index contributed by atoms with van der Waals surface area (Å²) in [6.07, 6.45) is -2.99. The van der Waals surface area contributed by atoms with Crippen molar-refractivity contribution in [1.29, 1.82) is 0 Å². The molecule has 1 heterocycles. The molecule has 2 N–H and O–H groups in total. The largest absolute Gasteiger partial charge is 0.416 e. The Morgan fingerprint density at radius 3 is 2.04 bits per heavy atom. The summed E-state index contributed by atoms with van der Waals surface area (Å²) in [6.45, 7) is 0. The first-order valence-corrected chi connectivity index (χ1v) is 7.78. The van der Waals surface area contributed by atoms with Crippen LogP contribution < -0.4 is 10.6 Å². The zero-order chi connectivity index (χ0) is 19.4. The van der Waals surface area contributed by atoms with Crippen LogP contribution in [-0.4, -0.2) is 10.9 Å². The third kappa shape index (κ3) is 4.81. The van der Waals surface area contributed by atoms with E-state index >= 15 is 0 Å². The number of carbonyl (C=O) groups excluding carboxylic acids is 1. The van der Waals surface area contributed by atoms with Gasteiger partial charge in [0.25, 0.3) is 5.91 Å². The van der Waals surface area contributed by atoms with Crippen LogP contribution in [0.15, 0.2) is 66.9 Å². The lowest BCUT2D eigenvalue weighted by Gasteiger charge is -2.10. The third-order valence-electron chi connectivity index (χ3n) is 3.61. The molecule has 0 aliphatic heterocycles. The molecule has 0 aliphatic rings. The van der Waals surface area contributed by atoms with E-state index in [2.05, 4.69) is 15.6 Å². The Bertz CT molecular complexity index is 921. The highest BCUT2D eigenvalue weighted by Crippen LogP contribution is 2.30. The maximum atomic E-state index is 12.9. The van der Waals surface area contributed by atoms with Crippen LogP contribution in [0.25, 0.3) is 0 Å². The second-order valence-corrected chi connectivity index (χ2v) is 5.59. The molecular weight excluding hydrogens is 362 g/mol. The van der Waals surface area contributed by atoms with Gasteiger partial charge >= 0.3 is 6.18 Å². The van der Waals surface area contributed by atoms with Crippen molar-refractivity contribution in [3.8, 4) is 0 Å². The molecule has 8 heteroatoms. The number of hydrogen-bond acceptors (Lipinski definition) is 3. The minimum absolute atomic E-state index is 0.295. The normalized spacial score (nSPS) is 11.1. The van der Waals surface area contributed by atoms with E-state index < -0.39 is 23.5 Å².